The summed E-state index contributed by atoms with van der Waals surface area (Å²) in [4.78, 5) is 40.1. The highest BCUT2D eigenvalue weighted by Crippen LogP contribution is 2.27. The van der Waals surface area contributed by atoms with Gasteiger partial charge < -0.3 is 34.0 Å². The van der Waals surface area contributed by atoms with Crippen LogP contribution in [0.5, 0.6) is 0 Å². The molecule has 13 heteroatoms. The summed E-state index contributed by atoms with van der Waals surface area (Å²) in [7, 11) is 2.01. The molecule has 4 rings (SSSR count). The fraction of sp³-hybridized carbons (Fsp3) is 0.606. The minimum absolute atomic E-state index is 0.0507. The number of aromatic nitrogens is 3. The van der Waals surface area contributed by atoms with Crippen molar-refractivity contribution in [1.29, 1.82) is 0 Å². The molecule has 1 aromatic carbocycles. The van der Waals surface area contributed by atoms with Gasteiger partial charge in [0.2, 0.25) is 0 Å². The van der Waals surface area contributed by atoms with Gasteiger partial charge in [-0.05, 0) is 62.4 Å². The second-order valence-corrected chi connectivity index (χ2v) is 12.6. The first kappa shape index (κ1) is 35.3. The van der Waals surface area contributed by atoms with Gasteiger partial charge in [-0.1, -0.05) is 36.8 Å². The van der Waals surface area contributed by atoms with Crippen molar-refractivity contribution >= 4 is 35.8 Å². The van der Waals surface area contributed by atoms with Gasteiger partial charge in [0.25, 0.3) is 0 Å². The van der Waals surface area contributed by atoms with E-state index in [1.54, 1.807) is 15.7 Å². The van der Waals surface area contributed by atoms with E-state index in [0.717, 1.165) is 24.9 Å². The van der Waals surface area contributed by atoms with Crippen molar-refractivity contribution in [2.24, 2.45) is 17.8 Å². The Balaban J connectivity index is 1.49. The second kappa shape index (κ2) is 16.9. The molecule has 2 N–H and O–H groups in total. The topological polar surface area (TPSA) is 139 Å². The number of hydrogen-bond acceptors (Lipinski definition) is 10. The van der Waals surface area contributed by atoms with Crippen molar-refractivity contribution in [2.45, 2.75) is 64.8 Å². The van der Waals surface area contributed by atoms with Crippen LogP contribution in [0.4, 0.5) is 9.18 Å². The predicted molar refractivity (Wildman–Crippen MR) is 171 cm³/mol. The Bertz CT molecular complexity index is 1380. The summed E-state index contributed by atoms with van der Waals surface area (Å²) in [5.41, 5.74) is 2.07. The highest BCUT2D eigenvalue weighted by molar-refractivity contribution is 5.79. The van der Waals surface area contributed by atoms with Crippen LogP contribution in [-0.4, -0.2) is 113 Å². The molecule has 0 aliphatic carbocycles. The van der Waals surface area contributed by atoms with E-state index in [4.69, 9.17) is 9.47 Å². The number of carbonyl (C=O) groups is 3. The number of amides is 1. The Morgan fingerprint density at radius 3 is 2.63 bits per heavy atom. The minimum Gasteiger partial charge on any atom is -0.442 e. The van der Waals surface area contributed by atoms with E-state index >= 15 is 4.39 Å². The average Bonchev–Trinajstić information content (AvgIpc) is 3.69. The number of benzene rings is 1. The number of halogens is 1. The first-order valence-corrected chi connectivity index (χ1v) is 16.0. The molecular weight excluding hydrogens is 595 g/mol. The second-order valence-electron chi connectivity index (χ2n) is 12.6. The zero-order valence-corrected chi connectivity index (χ0v) is 27.2. The number of allylic oxidation sites excluding steroid dienone is 2. The lowest BCUT2D eigenvalue weighted by Crippen LogP contribution is -2.48. The molecule has 0 bridgehead atoms. The number of fused-ring (bicyclic) bond motifs is 1. The standard InChI is InChI=1S/C33H47FN6O6/c1-22(6-8-31(23(2)5-7-27(43)9-14-41)46-33(44)39-12-10-38(4)11-13-39)28(19-42)24(3)15-25-16-29(34)32-30(17-25)40(37-36-32)18-26-20-45-21-35-26/h6,8,14-17,19,22-23,26-28,31,35,43H,5,7,9-13,18,20-21H2,1-4H3/b8-6+,24-15+/t22-,23-,26?,27+,28-,31-/m0/s1. The number of ether oxygens (including phenoxy) is 2. The lowest BCUT2D eigenvalue weighted by molar-refractivity contribution is -0.111. The van der Waals surface area contributed by atoms with Crippen molar-refractivity contribution in [1.82, 2.24) is 30.1 Å². The molecule has 0 saturated carbocycles. The third-order valence-electron chi connectivity index (χ3n) is 8.90. The number of aliphatic hydroxyl groups excluding tert-OH is 1. The summed E-state index contributed by atoms with van der Waals surface area (Å²) in [5, 5.41) is 21.4. The van der Waals surface area contributed by atoms with E-state index in [-0.39, 0.29) is 29.8 Å². The molecule has 2 saturated heterocycles. The predicted octanol–water partition coefficient (Wildman–Crippen LogP) is 3.05. The van der Waals surface area contributed by atoms with Gasteiger partial charge >= 0.3 is 6.09 Å². The van der Waals surface area contributed by atoms with Crippen molar-refractivity contribution in [3.05, 3.63) is 41.2 Å². The number of aliphatic hydroxyl groups is 1. The van der Waals surface area contributed by atoms with Gasteiger partial charge in [0.15, 0.2) is 5.82 Å². The van der Waals surface area contributed by atoms with Crippen LogP contribution >= 0.6 is 0 Å². The van der Waals surface area contributed by atoms with Gasteiger partial charge in [-0.25, -0.2) is 13.9 Å². The molecule has 2 aromatic rings. The lowest BCUT2D eigenvalue weighted by Gasteiger charge is -2.33. The molecule has 2 aliphatic heterocycles. The minimum atomic E-state index is -0.754. The van der Waals surface area contributed by atoms with Crippen LogP contribution in [0, 0.1) is 23.6 Å². The molecule has 6 atom stereocenters. The molecule has 0 radical (unpaired) electrons. The monoisotopic (exact) mass is 642 g/mol. The summed E-state index contributed by atoms with van der Waals surface area (Å²) >= 11 is 0. The largest absolute Gasteiger partial charge is 0.442 e. The Morgan fingerprint density at radius 2 is 1.96 bits per heavy atom. The Labute approximate surface area is 269 Å². The van der Waals surface area contributed by atoms with Gasteiger partial charge in [0.1, 0.15) is 24.2 Å². The Morgan fingerprint density at radius 1 is 1.20 bits per heavy atom. The van der Waals surface area contributed by atoms with Crippen molar-refractivity contribution in [3.63, 3.8) is 0 Å². The van der Waals surface area contributed by atoms with E-state index in [1.165, 1.54) is 6.07 Å². The zero-order chi connectivity index (χ0) is 33.2. The molecule has 12 nitrogen and oxygen atoms in total. The Hall–Kier alpha value is -3.52. The molecule has 2 aliphatic rings. The quantitative estimate of drug-likeness (QED) is 0.220. The number of hydrogen-bond donors (Lipinski definition) is 2. The zero-order valence-electron chi connectivity index (χ0n) is 27.2. The number of nitrogens with zero attached hydrogens (tertiary/aromatic N) is 5. The van der Waals surface area contributed by atoms with Crippen LogP contribution in [0.25, 0.3) is 17.1 Å². The fourth-order valence-electron chi connectivity index (χ4n) is 5.81. The number of aldehydes is 2. The van der Waals surface area contributed by atoms with Crippen LogP contribution in [-0.2, 0) is 25.6 Å². The molecule has 252 valence electrons. The summed E-state index contributed by atoms with van der Waals surface area (Å²) in [5.74, 6) is -1.42. The Kier molecular flexibility index (Phi) is 13.0. The van der Waals surface area contributed by atoms with E-state index in [0.29, 0.717) is 63.2 Å². The number of piperazine rings is 1. The molecule has 3 heterocycles. The fourth-order valence-corrected chi connectivity index (χ4v) is 5.81. The third kappa shape index (κ3) is 9.50. The van der Waals surface area contributed by atoms with Crippen molar-refractivity contribution < 1.29 is 33.4 Å². The maximum Gasteiger partial charge on any atom is 0.410 e. The lowest BCUT2D eigenvalue weighted by atomic mass is 9.86. The summed E-state index contributed by atoms with van der Waals surface area (Å²) < 4.78 is 28.0. The summed E-state index contributed by atoms with van der Waals surface area (Å²) in [6, 6.07) is 3.25. The molecule has 2 fully saturated rings. The van der Waals surface area contributed by atoms with Crippen molar-refractivity contribution in [3.8, 4) is 0 Å². The normalized spacial score (nSPS) is 21.3. The highest BCUT2D eigenvalue weighted by Gasteiger charge is 2.27. The SMILES string of the molecule is C/C(=C\c1cc(F)c2nnn(CC3COCN3)c2c1)[C@@H](C=O)[C@@H](C)/C=C/[C@H](OC(=O)N1CCN(C)CC1)[C@@H](C)CC[C@@H](O)CC=O. The van der Waals surface area contributed by atoms with Gasteiger partial charge in [0, 0.05) is 38.5 Å². The van der Waals surface area contributed by atoms with Gasteiger partial charge in [0.05, 0.1) is 37.5 Å². The average molecular weight is 643 g/mol. The number of rotatable bonds is 15. The van der Waals surface area contributed by atoms with Crippen LogP contribution in [0.1, 0.15) is 45.6 Å². The van der Waals surface area contributed by atoms with Gasteiger partial charge in [-0.15, -0.1) is 5.10 Å². The first-order chi connectivity index (χ1) is 22.1. The molecule has 46 heavy (non-hydrogen) atoms. The maximum atomic E-state index is 15.0. The smallest absolute Gasteiger partial charge is 0.410 e. The molecule has 1 amide bonds. The molecular formula is C33H47FN6O6. The number of carbonyl (C=O) groups excluding carboxylic acids is 3. The molecule has 0 spiro atoms. The van der Waals surface area contributed by atoms with Crippen LogP contribution in [0.2, 0.25) is 0 Å². The van der Waals surface area contributed by atoms with Gasteiger partial charge in [-0.3, -0.25) is 5.32 Å². The van der Waals surface area contributed by atoms with Crippen molar-refractivity contribution in [2.75, 3.05) is 46.6 Å². The van der Waals surface area contributed by atoms with Gasteiger partial charge in [-0.2, -0.15) is 0 Å². The van der Waals surface area contributed by atoms with E-state index in [9.17, 15) is 19.5 Å². The van der Waals surface area contributed by atoms with Crippen LogP contribution in [0.15, 0.2) is 29.9 Å². The number of nitrogens with one attached hydrogen (secondary N) is 1. The van der Waals surface area contributed by atoms with E-state index < -0.39 is 30.0 Å². The number of likely N-dealkylation sites (N-methyl/N-ethyl adjacent to an activating group) is 1. The summed E-state index contributed by atoms with van der Waals surface area (Å²) in [6.45, 7) is 9.81. The molecule has 1 aromatic heterocycles. The van der Waals surface area contributed by atoms with Crippen LogP contribution < -0.4 is 5.32 Å². The highest BCUT2D eigenvalue weighted by atomic mass is 19.1. The van der Waals surface area contributed by atoms with Crippen LogP contribution in [0.3, 0.4) is 0 Å². The maximum absolute atomic E-state index is 15.0. The molecule has 1 unspecified atom stereocenters. The summed E-state index contributed by atoms with van der Waals surface area (Å²) in [6.07, 6.45) is 6.28. The third-order valence-corrected chi connectivity index (χ3v) is 8.90. The van der Waals surface area contributed by atoms with E-state index in [1.807, 2.05) is 46.0 Å². The first-order valence-electron chi connectivity index (χ1n) is 16.0. The van der Waals surface area contributed by atoms with E-state index in [2.05, 4.69) is 20.5 Å².